The second-order valence-electron chi connectivity index (χ2n) is 9.07. The molecule has 2 amide bonds. The summed E-state index contributed by atoms with van der Waals surface area (Å²) in [6.45, 7) is 0.917. The second kappa shape index (κ2) is 14.7. The molecule has 0 saturated carbocycles. The van der Waals surface area contributed by atoms with Crippen LogP contribution in [0.15, 0.2) is 24.3 Å². The molecule has 1 rings (SSSR count). The van der Waals surface area contributed by atoms with Crippen LogP contribution in [0.4, 0.5) is 32.0 Å². The van der Waals surface area contributed by atoms with Crippen LogP contribution in [-0.4, -0.2) is 78.8 Å². The fourth-order valence-electron chi connectivity index (χ4n) is 3.05. The molecule has 12 nitrogen and oxygen atoms in total. The van der Waals surface area contributed by atoms with Crippen LogP contribution in [-0.2, 0) is 30.3 Å². The van der Waals surface area contributed by atoms with Gasteiger partial charge in [-0.2, -0.15) is 26.3 Å². The third kappa shape index (κ3) is 12.1. The van der Waals surface area contributed by atoms with Gasteiger partial charge in [-0.25, -0.2) is 0 Å². The number of nitro benzene ring substituents is 1. The van der Waals surface area contributed by atoms with Gasteiger partial charge in [-0.15, -0.1) is 0 Å². The number of halogens is 6. The predicted molar refractivity (Wildman–Crippen MR) is 130 cm³/mol. The molecule has 0 unspecified atom stereocenters. The van der Waals surface area contributed by atoms with E-state index in [4.69, 9.17) is 10.1 Å². The highest BCUT2D eigenvalue weighted by atomic mass is 19.4. The first-order valence-electron chi connectivity index (χ1n) is 11.8. The van der Waals surface area contributed by atoms with E-state index in [1.54, 1.807) is 0 Å². The summed E-state index contributed by atoms with van der Waals surface area (Å²) < 4.78 is 85.2. The average Bonchev–Trinajstić information content (AvgIpc) is 2.84. The molecule has 1 aromatic carbocycles. The van der Waals surface area contributed by atoms with Gasteiger partial charge in [0.1, 0.15) is 12.2 Å². The Kier molecular flexibility index (Phi) is 12.6. The van der Waals surface area contributed by atoms with Gasteiger partial charge in [-0.1, -0.05) is 12.1 Å². The van der Waals surface area contributed by atoms with E-state index in [-0.39, 0.29) is 31.5 Å². The summed E-state index contributed by atoms with van der Waals surface area (Å²) in [7, 11) is 1.17. The number of nitrogens with zero attached hydrogens (tertiary/aromatic N) is 1. The van der Waals surface area contributed by atoms with Crippen LogP contribution in [0.25, 0.3) is 0 Å². The summed E-state index contributed by atoms with van der Waals surface area (Å²) in [5.74, 6) is -3.25. The third-order valence-electron chi connectivity index (χ3n) is 5.49. The van der Waals surface area contributed by atoms with Gasteiger partial charge < -0.3 is 20.1 Å². The van der Waals surface area contributed by atoms with E-state index < -0.39 is 65.2 Å². The number of ketones is 1. The van der Waals surface area contributed by atoms with Crippen molar-refractivity contribution in [3.8, 4) is 0 Å². The number of non-ortho nitro benzene ring substituents is 1. The zero-order valence-corrected chi connectivity index (χ0v) is 22.1. The van der Waals surface area contributed by atoms with E-state index >= 15 is 0 Å². The van der Waals surface area contributed by atoms with Gasteiger partial charge in [0.05, 0.1) is 17.4 Å². The summed E-state index contributed by atoms with van der Waals surface area (Å²) >= 11 is 0. The maximum atomic E-state index is 12.7. The van der Waals surface area contributed by atoms with Gasteiger partial charge in [-0.05, 0) is 32.3 Å². The van der Waals surface area contributed by atoms with Crippen LogP contribution in [0, 0.1) is 15.5 Å². The number of Topliss-reactive ketones (excluding diaryl/α,β-unsaturated/α-hetero) is 1. The van der Waals surface area contributed by atoms with Crippen molar-refractivity contribution in [3.05, 3.63) is 39.9 Å². The molecular formula is C23H29F6N5O7. The van der Waals surface area contributed by atoms with E-state index in [9.17, 15) is 50.8 Å². The van der Waals surface area contributed by atoms with Crippen LogP contribution in [0.1, 0.15) is 32.3 Å². The number of methoxy groups -OCH3 is 1. The Labute approximate surface area is 229 Å². The number of carbonyl (C=O) groups is 3. The van der Waals surface area contributed by atoms with Crippen LogP contribution in [0.3, 0.4) is 0 Å². The fraction of sp³-hybridized carbons (Fsp3) is 0.565. The lowest BCUT2D eigenvalue weighted by Crippen LogP contribution is -2.52. The highest BCUT2D eigenvalue weighted by molar-refractivity contribution is 5.96. The van der Waals surface area contributed by atoms with E-state index in [1.807, 2.05) is 0 Å². The van der Waals surface area contributed by atoms with Crippen molar-refractivity contribution in [2.45, 2.75) is 63.2 Å². The van der Waals surface area contributed by atoms with E-state index in [2.05, 4.69) is 20.7 Å². The average molecular weight is 602 g/mol. The molecule has 0 heterocycles. The zero-order chi connectivity index (χ0) is 31.6. The molecule has 0 aliphatic carbocycles. The first-order chi connectivity index (χ1) is 18.8. The minimum Gasteiger partial charge on any atom is -0.369 e. The molecular weight excluding hydrogens is 572 g/mol. The fourth-order valence-corrected chi connectivity index (χ4v) is 3.05. The molecule has 0 fully saturated rings. The highest BCUT2D eigenvalue weighted by Crippen LogP contribution is 2.35. The number of rotatable bonds is 14. The molecule has 0 radical (unpaired) electrons. The summed E-state index contributed by atoms with van der Waals surface area (Å²) in [4.78, 5) is 47.0. The Morgan fingerprint density at radius 3 is 2.10 bits per heavy atom. The quantitative estimate of drug-likeness (QED) is 0.0629. The van der Waals surface area contributed by atoms with E-state index in [1.165, 1.54) is 45.2 Å². The smallest absolute Gasteiger partial charge is 0.369 e. The third-order valence-corrected chi connectivity index (χ3v) is 5.49. The van der Waals surface area contributed by atoms with Gasteiger partial charge in [0.15, 0.2) is 11.7 Å². The van der Waals surface area contributed by atoms with Gasteiger partial charge in [0, 0.05) is 25.8 Å². The highest BCUT2D eigenvalue weighted by Gasteiger charge is 2.58. The predicted octanol–water partition coefficient (Wildman–Crippen LogP) is 2.55. The number of alkyl halides is 6. The SMILES string of the molecule is COC(C)(C)C(=O)N[C@@H](CCCNC(=N)NC(=O)Cc1ccc([N+](=O)[O-])cc1)C(=O)COC(C(F)(F)F)C(F)(F)F. The molecule has 230 valence electrons. The molecule has 1 aromatic rings. The standard InChI is InChI=1S/C23H29F6N5O7/c1-21(2,40-3)19(37)32-15(16(35)12-41-18(22(24,25)26)23(27,28)29)5-4-10-31-20(30)33-17(36)11-13-6-8-14(9-7-13)34(38)39/h6-9,15,18H,4-5,10-12H2,1-3H3,(H,32,37)(H3,30,31,33,36)/t15-/m0/s1. The number of hydrogen-bond donors (Lipinski definition) is 4. The van der Waals surface area contributed by atoms with Crippen molar-refractivity contribution in [1.29, 1.82) is 5.41 Å². The second-order valence-corrected chi connectivity index (χ2v) is 9.07. The maximum Gasteiger partial charge on any atom is 0.423 e. The maximum absolute atomic E-state index is 12.7. The van der Waals surface area contributed by atoms with Crippen molar-refractivity contribution in [1.82, 2.24) is 16.0 Å². The number of hydrogen-bond acceptors (Lipinski definition) is 8. The van der Waals surface area contributed by atoms with Crippen molar-refractivity contribution in [3.63, 3.8) is 0 Å². The van der Waals surface area contributed by atoms with E-state index in [0.29, 0.717) is 5.56 Å². The molecule has 18 heteroatoms. The Hall–Kier alpha value is -3.80. The molecule has 41 heavy (non-hydrogen) atoms. The number of ether oxygens (including phenoxy) is 2. The summed E-state index contributed by atoms with van der Waals surface area (Å²) in [6, 6.07) is 3.56. The molecule has 0 aliphatic rings. The van der Waals surface area contributed by atoms with Gasteiger partial charge in [0.25, 0.3) is 11.6 Å². The Balaban J connectivity index is 2.72. The monoisotopic (exact) mass is 601 g/mol. The number of nitrogens with one attached hydrogen (secondary N) is 4. The Morgan fingerprint density at radius 2 is 1.61 bits per heavy atom. The van der Waals surface area contributed by atoms with Gasteiger partial charge in [-0.3, -0.25) is 35.2 Å². The van der Waals surface area contributed by atoms with Gasteiger partial charge in [0.2, 0.25) is 12.0 Å². The molecule has 0 aromatic heterocycles. The summed E-state index contributed by atoms with van der Waals surface area (Å²) in [6.07, 6.45) is -16.4. The topological polar surface area (TPSA) is 173 Å². The van der Waals surface area contributed by atoms with Crippen LogP contribution in [0.2, 0.25) is 0 Å². The van der Waals surface area contributed by atoms with Crippen LogP contribution in [0.5, 0.6) is 0 Å². The molecule has 4 N–H and O–H groups in total. The minimum absolute atomic E-state index is 0.0350. The summed E-state index contributed by atoms with van der Waals surface area (Å²) in [5, 5.41) is 25.4. The number of benzene rings is 1. The molecule has 0 saturated heterocycles. The lowest BCUT2D eigenvalue weighted by molar-refractivity contribution is -0.384. The lowest BCUT2D eigenvalue weighted by atomic mass is 10.0. The molecule has 0 spiro atoms. The van der Waals surface area contributed by atoms with Crippen molar-refractivity contribution in [2.24, 2.45) is 0 Å². The number of nitro groups is 1. The first-order valence-corrected chi connectivity index (χ1v) is 11.8. The molecule has 0 bridgehead atoms. The Bertz CT molecular complexity index is 1080. The number of guanidine groups is 1. The summed E-state index contributed by atoms with van der Waals surface area (Å²) in [5.41, 5.74) is -1.24. The minimum atomic E-state index is -5.83. The Morgan fingerprint density at radius 1 is 1.05 bits per heavy atom. The largest absolute Gasteiger partial charge is 0.423 e. The van der Waals surface area contributed by atoms with Crippen molar-refractivity contribution in [2.75, 3.05) is 20.3 Å². The van der Waals surface area contributed by atoms with E-state index in [0.717, 1.165) is 0 Å². The van der Waals surface area contributed by atoms with Crippen molar-refractivity contribution < 1.29 is 55.1 Å². The number of carbonyl (C=O) groups excluding carboxylic acids is 3. The molecule has 0 aliphatic heterocycles. The van der Waals surface area contributed by atoms with Crippen molar-refractivity contribution >= 4 is 29.2 Å². The number of amides is 2. The first kappa shape index (κ1) is 35.2. The lowest BCUT2D eigenvalue weighted by Gasteiger charge is -2.27. The van der Waals surface area contributed by atoms with Crippen LogP contribution >= 0.6 is 0 Å². The van der Waals surface area contributed by atoms with Gasteiger partial charge >= 0.3 is 12.4 Å². The normalized spacial score (nSPS) is 12.9. The molecule has 1 atom stereocenters. The van der Waals surface area contributed by atoms with Crippen LogP contribution < -0.4 is 16.0 Å². The zero-order valence-electron chi connectivity index (χ0n) is 22.1.